The third-order valence-electron chi connectivity index (χ3n) is 5.73. The van der Waals surface area contributed by atoms with Gasteiger partial charge in [-0.05, 0) is 60.6 Å². The summed E-state index contributed by atoms with van der Waals surface area (Å²) in [7, 11) is 0. The van der Waals surface area contributed by atoms with Gasteiger partial charge >= 0.3 is 5.97 Å². The molecule has 1 aromatic heterocycles. The molecular weight excluding hydrogens is 415 g/mol. The molecule has 1 atom stereocenters. The van der Waals surface area contributed by atoms with Crippen LogP contribution in [0.15, 0.2) is 53.2 Å². The molecule has 1 saturated heterocycles. The zero-order valence-electron chi connectivity index (χ0n) is 17.7. The van der Waals surface area contributed by atoms with Crippen molar-refractivity contribution in [2.75, 3.05) is 19.6 Å². The molecule has 2 N–H and O–H groups in total. The number of likely N-dealkylation sites (tertiary alicyclic amines) is 1. The Bertz CT molecular complexity index is 932. The first-order chi connectivity index (χ1) is 15.4. The Balaban J connectivity index is 1.45. The molecule has 2 aromatic rings. The monoisotopic (exact) mass is 442 g/mol. The lowest BCUT2D eigenvalue weighted by Gasteiger charge is -2.36. The van der Waals surface area contributed by atoms with Crippen molar-refractivity contribution in [1.29, 1.82) is 0 Å². The summed E-state index contributed by atoms with van der Waals surface area (Å²) in [6, 6.07) is 9.44. The number of benzene rings is 1. The molecule has 0 bridgehead atoms. The molecule has 1 fully saturated rings. The minimum atomic E-state index is -0.894. The molecule has 32 heavy (non-hydrogen) atoms. The van der Waals surface area contributed by atoms with Crippen molar-refractivity contribution >= 4 is 23.9 Å². The lowest BCUT2D eigenvalue weighted by Crippen LogP contribution is -2.41. The third-order valence-corrected chi connectivity index (χ3v) is 5.73. The predicted octanol–water partition coefficient (Wildman–Crippen LogP) is 3.44. The molecule has 2 heterocycles. The van der Waals surface area contributed by atoms with Crippen LogP contribution in [0.4, 0.5) is 4.39 Å². The highest BCUT2D eigenvalue weighted by molar-refractivity contribution is 5.91. The van der Waals surface area contributed by atoms with E-state index >= 15 is 0 Å². The van der Waals surface area contributed by atoms with Crippen LogP contribution in [0.5, 0.6) is 0 Å². The number of rotatable bonds is 9. The topological polar surface area (TPSA) is 99.9 Å². The van der Waals surface area contributed by atoms with Crippen LogP contribution in [-0.2, 0) is 14.4 Å². The van der Waals surface area contributed by atoms with Crippen molar-refractivity contribution in [2.24, 2.45) is 5.92 Å². The second-order valence-corrected chi connectivity index (χ2v) is 7.86. The zero-order chi connectivity index (χ0) is 22.9. The van der Waals surface area contributed by atoms with E-state index in [1.54, 1.807) is 35.2 Å². The smallest absolute Gasteiger partial charge is 0.303 e. The van der Waals surface area contributed by atoms with Crippen LogP contribution in [0, 0.1) is 11.7 Å². The van der Waals surface area contributed by atoms with E-state index in [2.05, 4.69) is 5.32 Å². The summed E-state index contributed by atoms with van der Waals surface area (Å²) in [5, 5.41) is 12.0. The third kappa shape index (κ3) is 6.80. The van der Waals surface area contributed by atoms with Crippen LogP contribution in [0.3, 0.4) is 0 Å². The van der Waals surface area contributed by atoms with Gasteiger partial charge in [0.1, 0.15) is 11.6 Å². The van der Waals surface area contributed by atoms with Gasteiger partial charge < -0.3 is 19.7 Å². The lowest BCUT2D eigenvalue weighted by molar-refractivity contribution is -0.138. The van der Waals surface area contributed by atoms with Crippen molar-refractivity contribution in [2.45, 2.75) is 31.6 Å². The SMILES string of the molecule is O=C(O)CC(c1ccc(F)cc1)C1CCN(C(=O)CCNC(=O)C=Cc2ccco2)CC1. The molecule has 0 spiro atoms. The maximum atomic E-state index is 13.3. The number of nitrogens with one attached hydrogen (secondary N) is 1. The lowest BCUT2D eigenvalue weighted by atomic mass is 9.78. The van der Waals surface area contributed by atoms with Gasteiger partial charge in [0, 0.05) is 32.1 Å². The zero-order valence-corrected chi connectivity index (χ0v) is 17.7. The van der Waals surface area contributed by atoms with Crippen LogP contribution in [0.2, 0.25) is 0 Å². The highest BCUT2D eigenvalue weighted by Gasteiger charge is 2.30. The first-order valence-electron chi connectivity index (χ1n) is 10.7. The molecule has 3 rings (SSSR count). The van der Waals surface area contributed by atoms with Gasteiger partial charge in [-0.3, -0.25) is 14.4 Å². The predicted molar refractivity (Wildman–Crippen MR) is 116 cm³/mol. The number of hydrogen-bond acceptors (Lipinski definition) is 4. The van der Waals surface area contributed by atoms with Crippen LogP contribution >= 0.6 is 0 Å². The van der Waals surface area contributed by atoms with Crippen LogP contribution in [-0.4, -0.2) is 47.4 Å². The second kappa shape index (κ2) is 11.3. The minimum Gasteiger partial charge on any atom is -0.481 e. The normalized spacial score (nSPS) is 15.6. The van der Waals surface area contributed by atoms with Crippen molar-refractivity contribution in [3.8, 4) is 0 Å². The minimum absolute atomic E-state index is 0.0260. The van der Waals surface area contributed by atoms with E-state index in [4.69, 9.17) is 4.42 Å². The highest BCUT2D eigenvalue weighted by atomic mass is 19.1. The molecule has 1 aliphatic rings. The number of carbonyl (C=O) groups is 3. The molecule has 8 heteroatoms. The molecule has 2 amide bonds. The van der Waals surface area contributed by atoms with Gasteiger partial charge in [-0.25, -0.2) is 4.39 Å². The summed E-state index contributed by atoms with van der Waals surface area (Å²) in [5.41, 5.74) is 0.809. The fourth-order valence-electron chi connectivity index (χ4n) is 4.06. The molecule has 0 saturated carbocycles. The summed E-state index contributed by atoms with van der Waals surface area (Å²) in [5.74, 6) is -1.14. The van der Waals surface area contributed by atoms with Crippen LogP contribution < -0.4 is 5.32 Å². The van der Waals surface area contributed by atoms with Crippen molar-refractivity contribution < 1.29 is 28.3 Å². The fraction of sp³-hybridized carbons (Fsp3) is 0.375. The highest BCUT2D eigenvalue weighted by Crippen LogP contribution is 2.35. The number of hydrogen-bond donors (Lipinski definition) is 2. The number of nitrogens with zero attached hydrogens (tertiary/aromatic N) is 1. The Kier molecular flexibility index (Phi) is 8.19. The summed E-state index contributed by atoms with van der Waals surface area (Å²) in [6.45, 7) is 1.30. The summed E-state index contributed by atoms with van der Waals surface area (Å²) in [4.78, 5) is 37.4. The van der Waals surface area contributed by atoms with Crippen LogP contribution in [0.1, 0.15) is 42.9 Å². The van der Waals surface area contributed by atoms with Gasteiger partial charge in [-0.2, -0.15) is 0 Å². The molecule has 0 aliphatic carbocycles. The molecule has 1 aromatic carbocycles. The Morgan fingerprint density at radius 3 is 2.53 bits per heavy atom. The van der Waals surface area contributed by atoms with Crippen molar-refractivity contribution in [1.82, 2.24) is 10.2 Å². The van der Waals surface area contributed by atoms with E-state index in [9.17, 15) is 23.9 Å². The first-order valence-corrected chi connectivity index (χ1v) is 10.7. The van der Waals surface area contributed by atoms with Gasteiger partial charge in [-0.1, -0.05) is 12.1 Å². The molecule has 0 radical (unpaired) electrons. The molecule has 1 unspecified atom stereocenters. The number of carboxylic acid groups (broad SMARTS) is 1. The van der Waals surface area contributed by atoms with Crippen molar-refractivity contribution in [3.05, 3.63) is 65.9 Å². The van der Waals surface area contributed by atoms with Gasteiger partial charge in [0.05, 0.1) is 12.7 Å². The Morgan fingerprint density at radius 2 is 1.91 bits per heavy atom. The number of furan rings is 1. The summed E-state index contributed by atoms with van der Waals surface area (Å²) >= 11 is 0. The second-order valence-electron chi connectivity index (χ2n) is 7.86. The van der Waals surface area contributed by atoms with Crippen molar-refractivity contribution in [3.63, 3.8) is 0 Å². The van der Waals surface area contributed by atoms with E-state index in [1.165, 1.54) is 24.5 Å². The van der Waals surface area contributed by atoms with Gasteiger partial charge in [-0.15, -0.1) is 0 Å². The first kappa shape index (κ1) is 23.2. The molecule has 7 nitrogen and oxygen atoms in total. The number of amides is 2. The standard InChI is InChI=1S/C24H27FN2O5/c25-19-5-3-17(4-6-19)21(16-24(30)31)18-10-13-27(14-11-18)23(29)9-12-26-22(28)8-7-20-2-1-15-32-20/h1-8,15,18,21H,9-14,16H2,(H,26,28)(H,30,31). The van der Waals surface area contributed by atoms with E-state index in [0.29, 0.717) is 31.7 Å². The molecule has 1 aliphatic heterocycles. The summed E-state index contributed by atoms with van der Waals surface area (Å²) in [6.07, 6.45) is 5.95. The average molecular weight is 442 g/mol. The quantitative estimate of drug-likeness (QED) is 0.580. The van der Waals surface area contributed by atoms with Gasteiger partial charge in [0.2, 0.25) is 11.8 Å². The fourth-order valence-corrected chi connectivity index (χ4v) is 4.06. The number of carboxylic acids is 1. The van der Waals surface area contributed by atoms with Gasteiger partial charge in [0.15, 0.2) is 0 Å². The Labute approximate surface area is 185 Å². The maximum absolute atomic E-state index is 13.3. The number of halogens is 1. The van der Waals surface area contributed by atoms with E-state index < -0.39 is 5.97 Å². The van der Waals surface area contributed by atoms with E-state index in [-0.39, 0.29) is 48.9 Å². The number of piperidine rings is 1. The molecule has 170 valence electrons. The van der Waals surface area contributed by atoms with E-state index in [1.807, 2.05) is 0 Å². The average Bonchev–Trinajstić information content (AvgIpc) is 3.30. The number of carbonyl (C=O) groups excluding carboxylic acids is 2. The Hall–Kier alpha value is -3.42. The Morgan fingerprint density at radius 1 is 1.19 bits per heavy atom. The van der Waals surface area contributed by atoms with Gasteiger partial charge in [0.25, 0.3) is 0 Å². The molecular formula is C24H27FN2O5. The number of aliphatic carboxylic acids is 1. The van der Waals surface area contributed by atoms with E-state index in [0.717, 1.165) is 5.56 Å². The maximum Gasteiger partial charge on any atom is 0.303 e. The largest absolute Gasteiger partial charge is 0.481 e. The summed E-state index contributed by atoms with van der Waals surface area (Å²) < 4.78 is 18.4. The van der Waals surface area contributed by atoms with Crippen LogP contribution in [0.25, 0.3) is 6.08 Å².